The van der Waals surface area contributed by atoms with Gasteiger partial charge < -0.3 is 13.9 Å². The summed E-state index contributed by atoms with van der Waals surface area (Å²) in [5, 5.41) is 0. The summed E-state index contributed by atoms with van der Waals surface area (Å²) in [5.74, 6) is 1.04. The van der Waals surface area contributed by atoms with Crippen molar-refractivity contribution in [1.82, 2.24) is 0 Å². The Hall–Kier alpha value is -0.626. The quantitative estimate of drug-likeness (QED) is 0.342. The Morgan fingerprint density at radius 2 is 1.68 bits per heavy atom. The van der Waals surface area contributed by atoms with Gasteiger partial charge in [0, 0.05) is 13.2 Å². The molecule has 5 heteroatoms. The fourth-order valence-corrected chi connectivity index (χ4v) is 4.15. The van der Waals surface area contributed by atoms with Crippen molar-refractivity contribution >= 4 is 17.8 Å². The summed E-state index contributed by atoms with van der Waals surface area (Å²) in [6, 6.07) is 9.56. The molecule has 1 rings (SSSR count). The van der Waals surface area contributed by atoms with Crippen molar-refractivity contribution < 1.29 is 13.9 Å². The molecule has 0 saturated heterocycles. The van der Waals surface area contributed by atoms with Gasteiger partial charge in [0.05, 0.1) is 0 Å². The standard InChI is InChI=1S/C17H30O3Si2/c1-6-18-17(19-7-2)21-14-10-12-15-11-8-9-13-16(15)20-22(3,4)5/h8-9,11,13,17H,6-7,10,12,14H2,1-5H3. The topological polar surface area (TPSA) is 27.7 Å². The Balaban J connectivity index is 2.44. The highest BCUT2D eigenvalue weighted by Gasteiger charge is 2.18. The predicted molar refractivity (Wildman–Crippen MR) is 96.3 cm³/mol. The van der Waals surface area contributed by atoms with Crippen LogP contribution in [0.1, 0.15) is 25.8 Å². The van der Waals surface area contributed by atoms with Crippen molar-refractivity contribution in [1.29, 1.82) is 0 Å². The number of hydrogen-bond acceptors (Lipinski definition) is 3. The van der Waals surface area contributed by atoms with Crippen molar-refractivity contribution in [2.24, 2.45) is 0 Å². The second-order valence-corrected chi connectivity index (χ2v) is 11.9. The van der Waals surface area contributed by atoms with Crippen LogP contribution >= 0.6 is 0 Å². The Kier molecular flexibility index (Phi) is 9.01. The normalized spacial score (nSPS) is 11.9. The van der Waals surface area contributed by atoms with E-state index in [1.54, 1.807) is 0 Å². The first-order chi connectivity index (χ1) is 10.5. The minimum Gasteiger partial charge on any atom is -0.544 e. The smallest absolute Gasteiger partial charge is 0.242 e. The first kappa shape index (κ1) is 19.4. The maximum atomic E-state index is 6.18. The first-order valence-electron chi connectivity index (χ1n) is 8.19. The van der Waals surface area contributed by atoms with Gasteiger partial charge in [0.15, 0.2) is 0 Å². The number of hydrogen-bond donors (Lipinski definition) is 0. The first-order valence-corrected chi connectivity index (χ1v) is 12.9. The van der Waals surface area contributed by atoms with Gasteiger partial charge in [-0.2, -0.15) is 0 Å². The summed E-state index contributed by atoms with van der Waals surface area (Å²) >= 11 is 0. The molecule has 0 atom stereocenters. The lowest BCUT2D eigenvalue weighted by Crippen LogP contribution is -2.29. The van der Waals surface area contributed by atoms with Crippen molar-refractivity contribution in [3.05, 3.63) is 29.8 Å². The second kappa shape index (κ2) is 10.2. The van der Waals surface area contributed by atoms with Crippen LogP contribution < -0.4 is 4.43 Å². The van der Waals surface area contributed by atoms with E-state index >= 15 is 0 Å². The van der Waals surface area contributed by atoms with Crippen molar-refractivity contribution in [3.8, 4) is 5.75 Å². The maximum Gasteiger partial charge on any atom is 0.242 e. The highest BCUT2D eigenvalue weighted by Crippen LogP contribution is 2.23. The maximum absolute atomic E-state index is 6.18. The third-order valence-electron chi connectivity index (χ3n) is 2.96. The van der Waals surface area contributed by atoms with Crippen LogP contribution in [-0.2, 0) is 15.9 Å². The van der Waals surface area contributed by atoms with Crippen LogP contribution in [-0.4, -0.2) is 37.0 Å². The minimum atomic E-state index is -1.55. The largest absolute Gasteiger partial charge is 0.544 e. The molecule has 124 valence electrons. The fourth-order valence-electron chi connectivity index (χ4n) is 2.11. The Morgan fingerprint density at radius 3 is 2.27 bits per heavy atom. The van der Waals surface area contributed by atoms with Gasteiger partial charge in [-0.3, -0.25) is 0 Å². The van der Waals surface area contributed by atoms with Gasteiger partial charge in [0.1, 0.15) is 21.2 Å². The summed E-state index contributed by atoms with van der Waals surface area (Å²) in [7, 11) is -0.856. The van der Waals surface area contributed by atoms with Crippen LogP contribution in [0.5, 0.6) is 5.75 Å². The van der Waals surface area contributed by atoms with E-state index in [-0.39, 0.29) is 5.91 Å². The molecule has 0 amide bonds. The average molecular weight is 339 g/mol. The second-order valence-electron chi connectivity index (χ2n) is 6.12. The molecule has 1 aromatic rings. The number of rotatable bonds is 11. The van der Waals surface area contributed by atoms with Gasteiger partial charge in [-0.05, 0) is 51.5 Å². The molecule has 0 heterocycles. The summed E-state index contributed by atoms with van der Waals surface area (Å²) < 4.78 is 17.4. The number of para-hydroxylation sites is 1. The molecule has 0 N–H and O–H groups in total. The van der Waals surface area contributed by atoms with Gasteiger partial charge in [-0.1, -0.05) is 30.7 Å². The molecule has 0 aliphatic rings. The Bertz CT molecular complexity index is 413. The molecule has 22 heavy (non-hydrogen) atoms. The molecule has 0 bridgehead atoms. The zero-order chi connectivity index (χ0) is 16.4. The highest BCUT2D eigenvalue weighted by molar-refractivity contribution is 6.70. The lowest BCUT2D eigenvalue weighted by atomic mass is 10.1. The van der Waals surface area contributed by atoms with Crippen molar-refractivity contribution in [2.75, 3.05) is 13.2 Å². The molecule has 2 radical (unpaired) electrons. The third kappa shape index (κ3) is 8.12. The van der Waals surface area contributed by atoms with Crippen molar-refractivity contribution in [3.63, 3.8) is 0 Å². The molecule has 0 spiro atoms. The summed E-state index contributed by atoms with van der Waals surface area (Å²) in [4.78, 5) is 0. The van der Waals surface area contributed by atoms with E-state index in [0.29, 0.717) is 22.7 Å². The zero-order valence-electron chi connectivity index (χ0n) is 14.6. The van der Waals surface area contributed by atoms with E-state index in [2.05, 4.69) is 43.9 Å². The van der Waals surface area contributed by atoms with Crippen LogP contribution in [0.15, 0.2) is 24.3 Å². The Labute approximate surface area is 139 Å². The molecular weight excluding hydrogens is 308 g/mol. The van der Waals surface area contributed by atoms with E-state index in [4.69, 9.17) is 13.9 Å². The molecule has 0 aromatic heterocycles. The van der Waals surface area contributed by atoms with Gasteiger partial charge in [0.25, 0.3) is 0 Å². The van der Waals surface area contributed by atoms with Crippen LogP contribution in [0, 0.1) is 0 Å². The summed E-state index contributed by atoms with van der Waals surface area (Å²) in [5.41, 5.74) is 1.32. The van der Waals surface area contributed by atoms with Gasteiger partial charge >= 0.3 is 0 Å². The summed E-state index contributed by atoms with van der Waals surface area (Å²) in [6.45, 7) is 12.1. The molecule has 1 aromatic carbocycles. The molecule has 0 unspecified atom stereocenters. The molecule has 3 nitrogen and oxygen atoms in total. The minimum absolute atomic E-state index is 0.0246. The SMILES string of the molecule is CCOC(OCC)[Si]CCCc1ccccc1O[Si](C)(C)C. The molecule has 0 aliphatic carbocycles. The van der Waals surface area contributed by atoms with E-state index in [1.807, 2.05) is 13.8 Å². The zero-order valence-corrected chi connectivity index (χ0v) is 16.6. The highest BCUT2D eigenvalue weighted by atomic mass is 28.4. The number of benzene rings is 1. The summed E-state index contributed by atoms with van der Waals surface area (Å²) in [6.07, 6.45) is 2.19. The van der Waals surface area contributed by atoms with Gasteiger partial charge in [-0.15, -0.1) is 0 Å². The predicted octanol–water partition coefficient (Wildman–Crippen LogP) is 4.31. The molecule has 0 saturated carbocycles. The van der Waals surface area contributed by atoms with E-state index in [9.17, 15) is 0 Å². The van der Waals surface area contributed by atoms with E-state index in [1.165, 1.54) is 5.56 Å². The van der Waals surface area contributed by atoms with Crippen LogP contribution in [0.3, 0.4) is 0 Å². The van der Waals surface area contributed by atoms with Gasteiger partial charge in [0.2, 0.25) is 8.32 Å². The monoisotopic (exact) mass is 338 g/mol. The van der Waals surface area contributed by atoms with Crippen molar-refractivity contribution in [2.45, 2.75) is 58.3 Å². The Morgan fingerprint density at radius 1 is 1.05 bits per heavy atom. The molecular formula is C17H30O3Si2. The lowest BCUT2D eigenvalue weighted by molar-refractivity contribution is -0.0827. The fraction of sp³-hybridized carbons (Fsp3) is 0.647. The van der Waals surface area contributed by atoms with Crippen LogP contribution in [0.2, 0.25) is 25.7 Å². The van der Waals surface area contributed by atoms with Crippen LogP contribution in [0.4, 0.5) is 0 Å². The molecule has 0 aliphatic heterocycles. The van der Waals surface area contributed by atoms with Gasteiger partial charge in [-0.25, -0.2) is 0 Å². The van der Waals surface area contributed by atoms with Crippen LogP contribution in [0.25, 0.3) is 0 Å². The number of ether oxygens (including phenoxy) is 2. The third-order valence-corrected chi connectivity index (χ3v) is 5.10. The average Bonchev–Trinajstić information content (AvgIpc) is 2.44. The molecule has 0 fully saturated rings. The van der Waals surface area contributed by atoms with E-state index < -0.39 is 8.32 Å². The number of aryl methyl sites for hydroxylation is 1. The lowest BCUT2D eigenvalue weighted by Gasteiger charge is -2.21. The van der Waals surface area contributed by atoms with E-state index in [0.717, 1.165) is 24.6 Å².